The number of hydrogen-bond acceptors (Lipinski definition) is 8. The molecular weight excluding hydrogens is 404 g/mol. The van der Waals surface area contributed by atoms with Gasteiger partial charge in [-0.15, -0.1) is 0 Å². The van der Waals surface area contributed by atoms with E-state index in [1.54, 1.807) is 6.20 Å². The van der Waals surface area contributed by atoms with E-state index in [1.165, 1.54) is 0 Å². The molecule has 0 unspecified atom stereocenters. The van der Waals surface area contributed by atoms with Crippen molar-refractivity contribution in [2.75, 3.05) is 13.4 Å². The molecule has 5 atom stereocenters. The van der Waals surface area contributed by atoms with Crippen LogP contribution in [0, 0.1) is 11.8 Å². The zero-order chi connectivity index (χ0) is 21.5. The Morgan fingerprint density at radius 1 is 1.00 bits per heavy atom. The van der Waals surface area contributed by atoms with Gasteiger partial charge in [0.15, 0.2) is 11.5 Å². The topological polar surface area (TPSA) is 137 Å². The Labute approximate surface area is 176 Å². The summed E-state index contributed by atoms with van der Waals surface area (Å²) in [6.45, 7) is -0.317. The summed E-state index contributed by atoms with van der Waals surface area (Å²) in [6.07, 6.45) is -4.72. The minimum atomic E-state index is -1.47. The van der Waals surface area contributed by atoms with Gasteiger partial charge in [-0.25, -0.2) is 0 Å². The van der Waals surface area contributed by atoms with Gasteiger partial charge in [-0.05, 0) is 35.4 Å². The number of ether oxygens (including phenoxy) is 3. The van der Waals surface area contributed by atoms with Gasteiger partial charge in [-0.2, -0.15) is 5.10 Å². The first kappa shape index (κ1) is 19.8. The molecule has 0 amide bonds. The molecule has 5 N–H and O–H groups in total. The first-order chi connectivity index (χ1) is 15.0. The molecule has 3 heterocycles. The van der Waals surface area contributed by atoms with Crippen molar-refractivity contribution in [3.63, 3.8) is 0 Å². The largest absolute Gasteiger partial charge is 0.454 e. The third-order valence-corrected chi connectivity index (χ3v) is 5.50. The maximum absolute atomic E-state index is 10.2. The lowest BCUT2D eigenvalue weighted by atomic mass is 9.95. The summed E-state index contributed by atoms with van der Waals surface area (Å²) in [6, 6.07) is 9.49. The lowest BCUT2D eigenvalue weighted by Crippen LogP contribution is -2.58. The van der Waals surface area contributed by atoms with Gasteiger partial charge in [0.1, 0.15) is 30.5 Å². The number of benzene rings is 2. The van der Waals surface area contributed by atoms with Gasteiger partial charge in [0.05, 0.1) is 23.9 Å². The Kier molecular flexibility index (Phi) is 5.02. The molecule has 1 fully saturated rings. The summed E-state index contributed by atoms with van der Waals surface area (Å²) in [5.74, 6) is 7.14. The van der Waals surface area contributed by atoms with E-state index in [1.807, 2.05) is 30.3 Å². The Balaban J connectivity index is 1.52. The average molecular weight is 424 g/mol. The molecule has 2 aliphatic heterocycles. The minimum Gasteiger partial charge on any atom is -0.454 e. The quantitative estimate of drug-likeness (QED) is 0.367. The number of nitrogens with zero attached hydrogens (tertiary/aromatic N) is 1. The molecule has 0 bridgehead atoms. The number of fused-ring (bicyclic) bond motifs is 2. The van der Waals surface area contributed by atoms with Crippen molar-refractivity contribution in [1.29, 1.82) is 0 Å². The standard InChI is InChI=1S/C22H20N2O7/c25-9-18-21(27)22(28)20(26)16(31-18)4-2-12-5-13(6-14-8-23-24-19(12)14)11-1-3-15-17(7-11)30-10-29-15/h1,3,5-8,16,18,20-22,25-28H,9-10H2,(H,23,24)/t16-,18-,20-,21-,22-/m1/s1. The van der Waals surface area contributed by atoms with Gasteiger partial charge in [0.2, 0.25) is 6.79 Å². The number of hydrogen-bond donors (Lipinski definition) is 5. The van der Waals surface area contributed by atoms with Gasteiger partial charge < -0.3 is 34.6 Å². The van der Waals surface area contributed by atoms with Gasteiger partial charge in [-0.1, -0.05) is 17.9 Å². The van der Waals surface area contributed by atoms with Crippen LogP contribution in [0.2, 0.25) is 0 Å². The molecule has 3 aromatic rings. The van der Waals surface area contributed by atoms with E-state index in [0.29, 0.717) is 22.6 Å². The van der Waals surface area contributed by atoms with Gasteiger partial charge in [0, 0.05) is 5.39 Å². The van der Waals surface area contributed by atoms with Crippen LogP contribution in [0.1, 0.15) is 5.56 Å². The van der Waals surface area contributed by atoms with E-state index in [9.17, 15) is 20.4 Å². The smallest absolute Gasteiger partial charge is 0.231 e. The summed E-state index contributed by atoms with van der Waals surface area (Å²) < 4.78 is 16.3. The molecule has 2 aromatic carbocycles. The lowest BCUT2D eigenvalue weighted by Gasteiger charge is -2.37. The van der Waals surface area contributed by atoms with Crippen LogP contribution in [-0.4, -0.2) is 74.5 Å². The molecule has 31 heavy (non-hydrogen) atoms. The molecule has 0 aliphatic carbocycles. The summed E-state index contributed by atoms with van der Waals surface area (Å²) in [7, 11) is 0. The zero-order valence-corrected chi connectivity index (χ0v) is 16.2. The Bertz CT molecular complexity index is 1180. The van der Waals surface area contributed by atoms with Crippen LogP contribution >= 0.6 is 0 Å². The van der Waals surface area contributed by atoms with Gasteiger partial charge >= 0.3 is 0 Å². The predicted molar refractivity (Wildman–Crippen MR) is 108 cm³/mol. The van der Waals surface area contributed by atoms with E-state index < -0.39 is 37.1 Å². The van der Waals surface area contributed by atoms with E-state index in [-0.39, 0.29) is 6.79 Å². The Hall–Kier alpha value is -3.13. The number of rotatable bonds is 2. The van der Waals surface area contributed by atoms with Crippen LogP contribution < -0.4 is 9.47 Å². The number of aromatic amines is 1. The highest BCUT2D eigenvalue weighted by Crippen LogP contribution is 2.37. The zero-order valence-electron chi connectivity index (χ0n) is 16.2. The number of aliphatic hydroxyl groups excluding tert-OH is 4. The van der Waals surface area contributed by atoms with Crippen molar-refractivity contribution in [2.24, 2.45) is 0 Å². The molecular formula is C22H20N2O7. The molecule has 0 radical (unpaired) electrons. The molecule has 1 saturated heterocycles. The first-order valence-electron chi connectivity index (χ1n) is 9.74. The Morgan fingerprint density at radius 2 is 1.84 bits per heavy atom. The fraction of sp³-hybridized carbons (Fsp3) is 0.318. The molecule has 9 heteroatoms. The van der Waals surface area contributed by atoms with Crippen molar-refractivity contribution >= 4 is 10.9 Å². The highest BCUT2D eigenvalue weighted by molar-refractivity contribution is 5.89. The third kappa shape index (κ3) is 3.50. The molecule has 2 aliphatic rings. The molecule has 160 valence electrons. The third-order valence-electron chi connectivity index (χ3n) is 5.50. The van der Waals surface area contributed by atoms with Gasteiger partial charge in [0.25, 0.3) is 0 Å². The summed E-state index contributed by atoms with van der Waals surface area (Å²) in [5, 5.41) is 47.3. The first-order valence-corrected chi connectivity index (χ1v) is 9.74. The second-order valence-corrected chi connectivity index (χ2v) is 7.44. The average Bonchev–Trinajstić information content (AvgIpc) is 3.45. The van der Waals surface area contributed by atoms with Crippen LogP contribution in [0.15, 0.2) is 36.5 Å². The van der Waals surface area contributed by atoms with Crippen molar-refractivity contribution in [3.8, 4) is 34.5 Å². The van der Waals surface area contributed by atoms with Crippen LogP contribution in [0.25, 0.3) is 22.0 Å². The molecule has 0 saturated carbocycles. The normalized spacial score (nSPS) is 27.2. The number of H-pyrrole nitrogens is 1. The van der Waals surface area contributed by atoms with E-state index >= 15 is 0 Å². The number of nitrogens with one attached hydrogen (secondary N) is 1. The summed E-state index contributed by atoms with van der Waals surface area (Å²) in [5.41, 5.74) is 3.11. The van der Waals surface area contributed by atoms with Crippen LogP contribution in [0.4, 0.5) is 0 Å². The van der Waals surface area contributed by atoms with Crippen molar-refractivity contribution in [1.82, 2.24) is 10.2 Å². The molecule has 5 rings (SSSR count). The maximum atomic E-state index is 10.2. The minimum absolute atomic E-state index is 0.190. The van der Waals surface area contributed by atoms with Crippen molar-refractivity contribution in [2.45, 2.75) is 30.5 Å². The van der Waals surface area contributed by atoms with E-state index in [0.717, 1.165) is 16.5 Å². The second-order valence-electron chi connectivity index (χ2n) is 7.44. The van der Waals surface area contributed by atoms with E-state index in [2.05, 4.69) is 22.0 Å². The highest BCUT2D eigenvalue weighted by atomic mass is 16.7. The van der Waals surface area contributed by atoms with Crippen molar-refractivity contribution in [3.05, 3.63) is 42.1 Å². The van der Waals surface area contributed by atoms with Crippen LogP contribution in [-0.2, 0) is 4.74 Å². The van der Waals surface area contributed by atoms with Crippen LogP contribution in [0.3, 0.4) is 0 Å². The van der Waals surface area contributed by atoms with E-state index in [4.69, 9.17) is 14.2 Å². The highest BCUT2D eigenvalue weighted by Gasteiger charge is 2.42. The monoisotopic (exact) mass is 424 g/mol. The maximum Gasteiger partial charge on any atom is 0.231 e. The predicted octanol–water partition coefficient (Wildman–Crippen LogP) is 0.152. The molecule has 9 nitrogen and oxygen atoms in total. The van der Waals surface area contributed by atoms with Gasteiger partial charge in [-0.3, -0.25) is 5.10 Å². The lowest BCUT2D eigenvalue weighted by molar-refractivity contribution is -0.214. The summed E-state index contributed by atoms with van der Waals surface area (Å²) in [4.78, 5) is 0. The number of aliphatic hydroxyl groups is 4. The fourth-order valence-electron chi connectivity index (χ4n) is 3.77. The Morgan fingerprint density at radius 3 is 2.68 bits per heavy atom. The fourth-order valence-corrected chi connectivity index (χ4v) is 3.77. The molecule has 0 spiro atoms. The molecule has 1 aromatic heterocycles. The summed E-state index contributed by atoms with van der Waals surface area (Å²) >= 11 is 0. The van der Waals surface area contributed by atoms with Crippen molar-refractivity contribution < 1.29 is 34.6 Å². The SMILES string of the molecule is OC[C@H]1O[C@H](C#Cc2cc(-c3ccc4c(c3)OCO4)cc3cn[nH]c23)[C@@H](O)[C@@H](O)[C@@H]1O. The second kappa shape index (κ2) is 7.85. The number of aromatic nitrogens is 2. The van der Waals surface area contributed by atoms with Crippen LogP contribution in [0.5, 0.6) is 11.5 Å².